The highest BCUT2D eigenvalue weighted by Crippen LogP contribution is 2.23. The molecule has 6 heteroatoms. The van der Waals surface area contributed by atoms with E-state index in [1.54, 1.807) is 19.1 Å². The molecule has 0 amide bonds. The number of ether oxygens (including phenoxy) is 1. The summed E-state index contributed by atoms with van der Waals surface area (Å²) in [6.45, 7) is 2.07. The number of hydrogen-bond acceptors (Lipinski definition) is 2. The lowest BCUT2D eigenvalue weighted by Gasteiger charge is -2.12. The summed E-state index contributed by atoms with van der Waals surface area (Å²) in [5.41, 5.74) is 1.85. The van der Waals surface area contributed by atoms with Crippen molar-refractivity contribution in [3.63, 3.8) is 0 Å². The Morgan fingerprint density at radius 1 is 1.05 bits per heavy atom. The lowest BCUT2D eigenvalue weighted by molar-refractivity contribution is -0.274. The van der Waals surface area contributed by atoms with Crippen LogP contribution in [0, 0.1) is 12.7 Å². The van der Waals surface area contributed by atoms with Crippen molar-refractivity contribution in [1.29, 1.82) is 0 Å². The molecule has 1 N–H and O–H groups in total. The maximum Gasteiger partial charge on any atom is 0.573 e. The Kier molecular flexibility index (Phi) is 4.35. The molecule has 0 heterocycles. The normalized spacial score (nSPS) is 11.3. The molecule has 0 spiro atoms. The fraction of sp³-hybridized carbons (Fsp3) is 0.200. The molecule has 0 aliphatic rings. The Morgan fingerprint density at radius 3 is 2.29 bits per heavy atom. The lowest BCUT2D eigenvalue weighted by Crippen LogP contribution is -2.17. The van der Waals surface area contributed by atoms with Crippen molar-refractivity contribution in [3.8, 4) is 5.75 Å². The number of aryl methyl sites for hydroxylation is 1. The van der Waals surface area contributed by atoms with E-state index in [2.05, 4.69) is 10.1 Å². The molecule has 0 aliphatic heterocycles. The molecule has 0 saturated heterocycles. The van der Waals surface area contributed by atoms with Crippen LogP contribution in [0.5, 0.6) is 5.75 Å². The first-order valence-electron chi connectivity index (χ1n) is 6.19. The molecule has 0 atom stereocenters. The Bertz CT molecular complexity index is 588. The predicted molar refractivity (Wildman–Crippen MR) is 71.6 cm³/mol. The van der Waals surface area contributed by atoms with E-state index in [9.17, 15) is 17.6 Å². The van der Waals surface area contributed by atoms with Gasteiger partial charge in [0.25, 0.3) is 0 Å². The molecule has 0 saturated carbocycles. The molecule has 2 nitrogen and oxygen atoms in total. The van der Waals surface area contributed by atoms with E-state index < -0.39 is 6.36 Å². The van der Waals surface area contributed by atoms with Gasteiger partial charge >= 0.3 is 6.36 Å². The van der Waals surface area contributed by atoms with Crippen molar-refractivity contribution in [2.75, 3.05) is 5.32 Å². The van der Waals surface area contributed by atoms with Crippen LogP contribution in [-0.2, 0) is 6.54 Å². The topological polar surface area (TPSA) is 21.3 Å². The van der Waals surface area contributed by atoms with Gasteiger partial charge in [-0.25, -0.2) is 4.39 Å². The molecule has 0 bridgehead atoms. The van der Waals surface area contributed by atoms with E-state index in [1.165, 1.54) is 30.3 Å². The van der Waals surface area contributed by atoms with Gasteiger partial charge in [0, 0.05) is 6.54 Å². The molecule has 2 rings (SSSR count). The van der Waals surface area contributed by atoms with Crippen molar-refractivity contribution < 1.29 is 22.3 Å². The minimum Gasteiger partial charge on any atom is -0.406 e. The molecule has 2 aromatic carbocycles. The number of para-hydroxylation sites is 1. The third kappa shape index (κ3) is 4.37. The first-order chi connectivity index (χ1) is 9.85. The average molecular weight is 299 g/mol. The van der Waals surface area contributed by atoms with Crippen LogP contribution in [0.4, 0.5) is 23.2 Å². The van der Waals surface area contributed by atoms with Crippen LogP contribution in [0.15, 0.2) is 42.5 Å². The van der Waals surface area contributed by atoms with Gasteiger partial charge < -0.3 is 10.1 Å². The van der Waals surface area contributed by atoms with Gasteiger partial charge in [-0.1, -0.05) is 24.3 Å². The van der Waals surface area contributed by atoms with Crippen molar-refractivity contribution >= 4 is 5.69 Å². The summed E-state index contributed by atoms with van der Waals surface area (Å²) in [5, 5.41) is 2.93. The highest BCUT2D eigenvalue weighted by molar-refractivity contribution is 5.52. The SMILES string of the molecule is Cc1cccc(F)c1NCc1ccc(OC(F)(F)F)cc1. The van der Waals surface area contributed by atoms with Crippen LogP contribution in [0.1, 0.15) is 11.1 Å². The van der Waals surface area contributed by atoms with Crippen LogP contribution in [-0.4, -0.2) is 6.36 Å². The predicted octanol–water partition coefficient (Wildman–Crippen LogP) is 4.64. The Morgan fingerprint density at radius 2 is 1.71 bits per heavy atom. The van der Waals surface area contributed by atoms with Gasteiger partial charge in [-0.3, -0.25) is 0 Å². The minimum atomic E-state index is -4.70. The van der Waals surface area contributed by atoms with E-state index in [-0.39, 0.29) is 11.6 Å². The van der Waals surface area contributed by atoms with Gasteiger partial charge in [0.2, 0.25) is 0 Å². The third-order valence-electron chi connectivity index (χ3n) is 2.85. The van der Waals surface area contributed by atoms with Crippen molar-refractivity contribution in [2.45, 2.75) is 19.8 Å². The van der Waals surface area contributed by atoms with Gasteiger partial charge in [0.15, 0.2) is 0 Å². The molecule has 0 unspecified atom stereocenters. The first-order valence-corrected chi connectivity index (χ1v) is 6.19. The second-order valence-electron chi connectivity index (χ2n) is 4.48. The monoisotopic (exact) mass is 299 g/mol. The second kappa shape index (κ2) is 6.03. The summed E-state index contributed by atoms with van der Waals surface area (Å²) < 4.78 is 53.4. The van der Waals surface area contributed by atoms with Crippen molar-refractivity contribution in [2.24, 2.45) is 0 Å². The summed E-state index contributed by atoms with van der Waals surface area (Å²) in [4.78, 5) is 0. The molecule has 0 fully saturated rings. The van der Waals surface area contributed by atoms with Gasteiger partial charge in [-0.2, -0.15) is 0 Å². The second-order valence-corrected chi connectivity index (χ2v) is 4.48. The van der Waals surface area contributed by atoms with E-state index >= 15 is 0 Å². The van der Waals surface area contributed by atoms with E-state index in [0.717, 1.165) is 5.56 Å². The van der Waals surface area contributed by atoms with E-state index in [4.69, 9.17) is 0 Å². The van der Waals surface area contributed by atoms with Gasteiger partial charge in [0.1, 0.15) is 11.6 Å². The van der Waals surface area contributed by atoms with Crippen LogP contribution in [0.3, 0.4) is 0 Å². The highest BCUT2D eigenvalue weighted by atomic mass is 19.4. The maximum atomic E-state index is 13.6. The fourth-order valence-corrected chi connectivity index (χ4v) is 1.86. The quantitative estimate of drug-likeness (QED) is 0.830. The highest BCUT2D eigenvalue weighted by Gasteiger charge is 2.30. The van der Waals surface area contributed by atoms with Crippen LogP contribution in [0.2, 0.25) is 0 Å². The smallest absolute Gasteiger partial charge is 0.406 e. The summed E-state index contributed by atoms with van der Waals surface area (Å²) in [6.07, 6.45) is -4.70. The summed E-state index contributed by atoms with van der Waals surface area (Å²) in [6, 6.07) is 10.1. The standard InChI is InChI=1S/C15H13F4NO/c1-10-3-2-4-13(16)14(10)20-9-11-5-7-12(8-6-11)21-15(17,18)19/h2-8,20H,9H2,1H3. The van der Waals surface area contributed by atoms with Crippen LogP contribution >= 0.6 is 0 Å². The molecule has 0 radical (unpaired) electrons. The van der Waals surface area contributed by atoms with Gasteiger partial charge in [-0.15, -0.1) is 13.2 Å². The molecule has 21 heavy (non-hydrogen) atoms. The number of benzene rings is 2. The zero-order chi connectivity index (χ0) is 15.5. The number of halogens is 4. The number of nitrogens with one attached hydrogen (secondary N) is 1. The van der Waals surface area contributed by atoms with Crippen LogP contribution in [0.25, 0.3) is 0 Å². The summed E-state index contributed by atoms with van der Waals surface area (Å²) >= 11 is 0. The maximum absolute atomic E-state index is 13.6. The fourth-order valence-electron chi connectivity index (χ4n) is 1.86. The third-order valence-corrected chi connectivity index (χ3v) is 2.85. The number of anilines is 1. The first kappa shape index (κ1) is 15.2. The van der Waals surface area contributed by atoms with E-state index in [0.29, 0.717) is 17.8 Å². The molecule has 112 valence electrons. The molecule has 0 aliphatic carbocycles. The Hall–Kier alpha value is -2.24. The van der Waals surface area contributed by atoms with Crippen molar-refractivity contribution in [3.05, 3.63) is 59.4 Å². The molecular formula is C15H13F4NO. The van der Waals surface area contributed by atoms with Crippen molar-refractivity contribution in [1.82, 2.24) is 0 Å². The zero-order valence-electron chi connectivity index (χ0n) is 11.2. The van der Waals surface area contributed by atoms with Gasteiger partial charge in [0.05, 0.1) is 5.69 Å². The number of hydrogen-bond donors (Lipinski definition) is 1. The molecular weight excluding hydrogens is 286 g/mol. The Balaban J connectivity index is 2.01. The Labute approximate surface area is 119 Å². The summed E-state index contributed by atoms with van der Waals surface area (Å²) in [7, 11) is 0. The van der Waals surface area contributed by atoms with Gasteiger partial charge in [-0.05, 0) is 36.2 Å². The average Bonchev–Trinajstić information content (AvgIpc) is 2.38. The summed E-state index contributed by atoms with van der Waals surface area (Å²) in [5.74, 6) is -0.652. The van der Waals surface area contributed by atoms with E-state index in [1.807, 2.05) is 0 Å². The lowest BCUT2D eigenvalue weighted by atomic mass is 10.1. The minimum absolute atomic E-state index is 0.284. The number of alkyl halides is 3. The zero-order valence-corrected chi connectivity index (χ0v) is 11.2. The molecule has 0 aromatic heterocycles. The largest absolute Gasteiger partial charge is 0.573 e. The molecule has 2 aromatic rings. The number of rotatable bonds is 4. The van der Waals surface area contributed by atoms with Crippen LogP contribution < -0.4 is 10.1 Å².